The summed E-state index contributed by atoms with van der Waals surface area (Å²) in [5, 5.41) is 8.31. The van der Waals surface area contributed by atoms with Crippen molar-refractivity contribution < 1.29 is 4.42 Å². The monoisotopic (exact) mass is 424 g/mol. The summed E-state index contributed by atoms with van der Waals surface area (Å²) in [6, 6.07) is 9.77. The fraction of sp³-hybridized carbons (Fsp3) is 0.300. The third-order valence-corrected chi connectivity index (χ3v) is 5.49. The summed E-state index contributed by atoms with van der Waals surface area (Å²) in [6.07, 6.45) is 5.62. The number of furan rings is 1. The number of anilines is 2. The average Bonchev–Trinajstić information content (AvgIpc) is 3.47. The Kier molecular flexibility index (Phi) is 4.97. The predicted octanol–water partition coefficient (Wildman–Crippen LogP) is 3.09. The fourth-order valence-corrected chi connectivity index (χ4v) is 4.04. The van der Waals surface area contributed by atoms with Crippen LogP contribution >= 0.6 is 11.6 Å². The van der Waals surface area contributed by atoms with Crippen molar-refractivity contribution in [2.45, 2.75) is 25.4 Å². The third kappa shape index (κ3) is 3.81. The van der Waals surface area contributed by atoms with E-state index in [1.807, 2.05) is 24.3 Å². The number of nitrogens with zero attached hydrogens (tertiary/aromatic N) is 6. The van der Waals surface area contributed by atoms with Crippen molar-refractivity contribution in [3.63, 3.8) is 0 Å². The molecular weight excluding hydrogens is 404 g/mol. The predicted molar refractivity (Wildman–Crippen MR) is 114 cm³/mol. The van der Waals surface area contributed by atoms with Crippen molar-refractivity contribution in [1.82, 2.24) is 29.5 Å². The van der Waals surface area contributed by atoms with E-state index in [0.29, 0.717) is 34.2 Å². The van der Waals surface area contributed by atoms with Crippen LogP contribution in [0.3, 0.4) is 0 Å². The van der Waals surface area contributed by atoms with Gasteiger partial charge in [-0.2, -0.15) is 9.50 Å². The maximum Gasteiger partial charge on any atom is 0.225 e. The highest BCUT2D eigenvalue weighted by Crippen LogP contribution is 2.23. The number of nitrogens with two attached hydrogens (primary N) is 1. The second kappa shape index (κ2) is 7.92. The van der Waals surface area contributed by atoms with Crippen LogP contribution in [0.15, 0.2) is 47.2 Å². The maximum absolute atomic E-state index is 6.10. The average molecular weight is 425 g/mol. The number of nitrogen functional groups attached to an aromatic ring is 1. The van der Waals surface area contributed by atoms with Crippen molar-refractivity contribution in [3.05, 3.63) is 53.5 Å². The lowest BCUT2D eigenvalue weighted by Gasteiger charge is -2.25. The standard InChI is InChI=1S/C20H21ClN8O/c21-16-9-13(5-6-23-16)12-28-7-1-3-14(28)11-24-17-10-18-26-19(15-4-2-8-30-15)27-29(18)20(22)25-17/h2,4-6,8-10,14,24H,1,3,7,11-12H2,(H2,22,25)/t14-/m1/s1. The molecule has 0 unspecified atom stereocenters. The first-order chi connectivity index (χ1) is 14.7. The van der Waals surface area contributed by atoms with Crippen LogP contribution in [0.5, 0.6) is 0 Å². The summed E-state index contributed by atoms with van der Waals surface area (Å²) in [6.45, 7) is 2.66. The van der Waals surface area contributed by atoms with Crippen molar-refractivity contribution in [2.75, 3.05) is 24.1 Å². The van der Waals surface area contributed by atoms with Gasteiger partial charge in [-0.1, -0.05) is 11.6 Å². The number of hydrogen-bond acceptors (Lipinski definition) is 8. The molecule has 1 atom stereocenters. The first-order valence-corrected chi connectivity index (χ1v) is 10.2. The molecule has 0 spiro atoms. The lowest BCUT2D eigenvalue weighted by molar-refractivity contribution is 0.254. The van der Waals surface area contributed by atoms with Crippen LogP contribution in [0.1, 0.15) is 18.4 Å². The van der Waals surface area contributed by atoms with Crippen LogP contribution in [-0.2, 0) is 6.54 Å². The third-order valence-electron chi connectivity index (χ3n) is 5.29. The number of pyridine rings is 1. The lowest BCUT2D eigenvalue weighted by Crippen LogP contribution is -2.34. The van der Waals surface area contributed by atoms with Gasteiger partial charge in [0.05, 0.1) is 6.26 Å². The van der Waals surface area contributed by atoms with Gasteiger partial charge in [0.1, 0.15) is 11.0 Å². The molecule has 5 heterocycles. The first kappa shape index (κ1) is 18.8. The molecule has 0 bridgehead atoms. The number of hydrogen-bond donors (Lipinski definition) is 2. The summed E-state index contributed by atoms with van der Waals surface area (Å²) >= 11 is 6.02. The summed E-state index contributed by atoms with van der Waals surface area (Å²) in [5.74, 6) is 2.02. The molecule has 1 aliphatic rings. The maximum atomic E-state index is 6.10. The van der Waals surface area contributed by atoms with Gasteiger partial charge in [0.15, 0.2) is 11.4 Å². The molecule has 0 aromatic carbocycles. The molecule has 1 saturated heterocycles. The largest absolute Gasteiger partial charge is 0.461 e. The summed E-state index contributed by atoms with van der Waals surface area (Å²) in [5.41, 5.74) is 7.88. The van der Waals surface area contributed by atoms with E-state index < -0.39 is 0 Å². The second-order valence-electron chi connectivity index (χ2n) is 7.32. The van der Waals surface area contributed by atoms with Gasteiger partial charge >= 0.3 is 0 Å². The zero-order valence-electron chi connectivity index (χ0n) is 16.2. The van der Waals surface area contributed by atoms with E-state index in [-0.39, 0.29) is 5.95 Å². The number of halogens is 1. The zero-order chi connectivity index (χ0) is 20.5. The molecule has 1 aliphatic heterocycles. The van der Waals surface area contributed by atoms with Crippen molar-refractivity contribution >= 4 is 29.0 Å². The molecule has 0 amide bonds. The van der Waals surface area contributed by atoms with Gasteiger partial charge in [-0.3, -0.25) is 4.90 Å². The second-order valence-corrected chi connectivity index (χ2v) is 7.70. The number of fused-ring (bicyclic) bond motifs is 1. The quantitative estimate of drug-likeness (QED) is 0.454. The molecule has 3 N–H and O–H groups in total. The Bertz CT molecular complexity index is 1160. The molecule has 1 fully saturated rings. The van der Waals surface area contributed by atoms with Crippen molar-refractivity contribution in [3.8, 4) is 11.6 Å². The molecule has 10 heteroatoms. The topological polar surface area (TPSA) is 110 Å². The highest BCUT2D eigenvalue weighted by atomic mass is 35.5. The van der Waals surface area contributed by atoms with Crippen LogP contribution in [0, 0.1) is 0 Å². The zero-order valence-corrected chi connectivity index (χ0v) is 17.0. The van der Waals surface area contributed by atoms with Gasteiger partial charge in [0, 0.05) is 31.4 Å². The SMILES string of the molecule is Nc1nc(NC[C@H]2CCCN2Cc2ccnc(Cl)c2)cc2nc(-c3ccco3)nn12. The Hall–Kier alpha value is -3.17. The minimum Gasteiger partial charge on any atom is -0.461 e. The molecule has 4 aromatic heterocycles. The highest BCUT2D eigenvalue weighted by molar-refractivity contribution is 6.29. The Morgan fingerprint density at radius 1 is 1.27 bits per heavy atom. The van der Waals surface area contributed by atoms with Crippen LogP contribution in [0.4, 0.5) is 11.8 Å². The van der Waals surface area contributed by atoms with Gasteiger partial charge in [-0.25, -0.2) is 9.97 Å². The molecule has 154 valence electrons. The molecule has 0 aliphatic carbocycles. The minimum atomic E-state index is 0.273. The molecule has 30 heavy (non-hydrogen) atoms. The van der Waals surface area contributed by atoms with E-state index in [4.69, 9.17) is 21.8 Å². The number of likely N-dealkylation sites (tertiary alicyclic amines) is 1. The van der Waals surface area contributed by atoms with Crippen molar-refractivity contribution in [1.29, 1.82) is 0 Å². The van der Waals surface area contributed by atoms with Gasteiger partial charge in [0.2, 0.25) is 11.8 Å². The van der Waals surface area contributed by atoms with Gasteiger partial charge < -0.3 is 15.5 Å². The van der Waals surface area contributed by atoms with E-state index in [1.165, 1.54) is 10.1 Å². The molecule has 0 radical (unpaired) electrons. The molecule has 5 rings (SSSR count). The molecule has 9 nitrogen and oxygen atoms in total. The van der Waals surface area contributed by atoms with Gasteiger partial charge in [-0.15, -0.1) is 5.10 Å². The summed E-state index contributed by atoms with van der Waals surface area (Å²) in [4.78, 5) is 15.4. The summed E-state index contributed by atoms with van der Waals surface area (Å²) < 4.78 is 6.88. The Labute approximate surface area is 177 Å². The Morgan fingerprint density at radius 3 is 3.03 bits per heavy atom. The van der Waals surface area contributed by atoms with Crippen LogP contribution in [0.2, 0.25) is 5.15 Å². The fourth-order valence-electron chi connectivity index (χ4n) is 3.84. The highest BCUT2D eigenvalue weighted by Gasteiger charge is 2.24. The Morgan fingerprint density at radius 2 is 2.20 bits per heavy atom. The van der Waals surface area contributed by atoms with E-state index in [1.54, 1.807) is 18.5 Å². The van der Waals surface area contributed by atoms with E-state index in [9.17, 15) is 0 Å². The van der Waals surface area contributed by atoms with E-state index >= 15 is 0 Å². The van der Waals surface area contributed by atoms with Gasteiger partial charge in [0.25, 0.3) is 0 Å². The van der Waals surface area contributed by atoms with Crippen LogP contribution in [-0.4, -0.2) is 48.6 Å². The molecular formula is C20H21ClN8O. The van der Waals surface area contributed by atoms with E-state index in [2.05, 4.69) is 30.3 Å². The summed E-state index contributed by atoms with van der Waals surface area (Å²) in [7, 11) is 0. The lowest BCUT2D eigenvalue weighted by atomic mass is 10.2. The van der Waals surface area contributed by atoms with Crippen LogP contribution < -0.4 is 11.1 Å². The van der Waals surface area contributed by atoms with Gasteiger partial charge in [-0.05, 0) is 49.2 Å². The van der Waals surface area contributed by atoms with E-state index in [0.717, 1.165) is 32.5 Å². The van der Waals surface area contributed by atoms with Crippen LogP contribution in [0.25, 0.3) is 17.2 Å². The molecule has 4 aromatic rings. The minimum absolute atomic E-state index is 0.273. The number of rotatable bonds is 6. The normalized spacial score (nSPS) is 17.0. The smallest absolute Gasteiger partial charge is 0.225 e. The number of nitrogens with one attached hydrogen (secondary N) is 1. The first-order valence-electron chi connectivity index (χ1n) is 9.81. The number of aromatic nitrogens is 5. The Balaban J connectivity index is 1.29. The molecule has 0 saturated carbocycles. The van der Waals surface area contributed by atoms with Crippen molar-refractivity contribution in [2.24, 2.45) is 0 Å².